The number of aromatic amines is 1. The molecule has 0 bridgehead atoms. The molecule has 0 amide bonds. The van der Waals surface area contributed by atoms with Crippen molar-refractivity contribution in [2.45, 2.75) is 33.1 Å². The lowest BCUT2D eigenvalue weighted by Gasteiger charge is -2.10. The molecule has 0 aliphatic heterocycles. The molecule has 0 unspecified atom stereocenters. The zero-order valence-corrected chi connectivity index (χ0v) is 16.7. The van der Waals surface area contributed by atoms with Gasteiger partial charge in [-0.25, -0.2) is 4.79 Å². The predicted molar refractivity (Wildman–Crippen MR) is 112 cm³/mol. The van der Waals surface area contributed by atoms with Gasteiger partial charge in [-0.2, -0.15) is 0 Å². The highest BCUT2D eigenvalue weighted by Gasteiger charge is 2.13. The van der Waals surface area contributed by atoms with Gasteiger partial charge in [0.25, 0.3) is 5.56 Å². The van der Waals surface area contributed by atoms with Gasteiger partial charge in [-0.15, -0.1) is 10.2 Å². The van der Waals surface area contributed by atoms with E-state index in [2.05, 4.69) is 46.5 Å². The molecule has 0 spiro atoms. The van der Waals surface area contributed by atoms with Crippen LogP contribution in [0.1, 0.15) is 53.9 Å². The smallest absolute Gasteiger partial charge is 0.340 e. The highest BCUT2D eigenvalue weighted by Crippen LogP contribution is 2.19. The number of benzene rings is 2. The molecule has 1 aromatic heterocycles. The van der Waals surface area contributed by atoms with Crippen molar-refractivity contribution in [2.75, 3.05) is 11.9 Å². The fraction of sp³-hybridized carbons (Fsp3) is 0.273. The molecule has 1 heterocycles. The third-order valence-electron chi connectivity index (χ3n) is 4.46. The van der Waals surface area contributed by atoms with Gasteiger partial charge in [-0.3, -0.25) is 9.78 Å². The molecular weight excluding hydrogens is 368 g/mol. The van der Waals surface area contributed by atoms with E-state index < -0.39 is 5.97 Å². The van der Waals surface area contributed by atoms with E-state index in [1.165, 1.54) is 5.56 Å². The monoisotopic (exact) mass is 392 g/mol. The summed E-state index contributed by atoms with van der Waals surface area (Å²) in [5.74, 6) is 0.160. The number of nitrogens with one attached hydrogen (secondary N) is 2. The Morgan fingerprint density at radius 3 is 2.48 bits per heavy atom. The number of nitrogens with zero attached hydrogens (tertiary/aromatic N) is 2. The number of esters is 1. The summed E-state index contributed by atoms with van der Waals surface area (Å²) in [7, 11) is 0. The average Bonchev–Trinajstić information content (AvgIpc) is 2.71. The number of para-hydroxylation sites is 1. The molecule has 0 saturated carbocycles. The Morgan fingerprint density at radius 2 is 1.83 bits per heavy atom. The first-order valence-electron chi connectivity index (χ1n) is 9.55. The second-order valence-electron chi connectivity index (χ2n) is 6.91. The van der Waals surface area contributed by atoms with Crippen molar-refractivity contribution in [2.24, 2.45) is 0 Å². The summed E-state index contributed by atoms with van der Waals surface area (Å²) in [6, 6.07) is 15.0. The maximum Gasteiger partial charge on any atom is 0.340 e. The molecule has 0 fully saturated rings. The first kappa shape index (κ1) is 20.3. The van der Waals surface area contributed by atoms with Gasteiger partial charge in [0.05, 0.1) is 17.9 Å². The van der Waals surface area contributed by atoms with Crippen LogP contribution in [0.4, 0.5) is 11.6 Å². The second-order valence-corrected chi connectivity index (χ2v) is 6.91. The standard InChI is InChI=1S/C22H24N4O3/c1-4-29-21(28)17-7-5-6-8-18(17)23-22-24-20(27)19(25-26-22)13-15-9-11-16(12-10-15)14(2)3/h5-12,14H,4,13H2,1-3H3,(H2,23,24,26,27). The minimum atomic E-state index is -0.452. The summed E-state index contributed by atoms with van der Waals surface area (Å²) < 4.78 is 5.05. The summed E-state index contributed by atoms with van der Waals surface area (Å²) in [5.41, 5.74) is 3.06. The zero-order valence-electron chi connectivity index (χ0n) is 16.7. The van der Waals surface area contributed by atoms with E-state index >= 15 is 0 Å². The van der Waals surface area contributed by atoms with Crippen LogP contribution in [-0.2, 0) is 11.2 Å². The van der Waals surface area contributed by atoms with E-state index in [1.807, 2.05) is 12.1 Å². The molecule has 3 aromatic rings. The third-order valence-corrected chi connectivity index (χ3v) is 4.46. The zero-order chi connectivity index (χ0) is 20.8. The number of hydrogen-bond donors (Lipinski definition) is 2. The van der Waals surface area contributed by atoms with E-state index in [4.69, 9.17) is 4.74 Å². The van der Waals surface area contributed by atoms with Crippen LogP contribution in [0.25, 0.3) is 0 Å². The van der Waals surface area contributed by atoms with Gasteiger partial charge in [0.2, 0.25) is 5.95 Å². The normalized spacial score (nSPS) is 10.8. The van der Waals surface area contributed by atoms with Crippen molar-refractivity contribution < 1.29 is 9.53 Å². The average molecular weight is 392 g/mol. The molecule has 29 heavy (non-hydrogen) atoms. The van der Waals surface area contributed by atoms with Crippen LogP contribution in [0.15, 0.2) is 53.3 Å². The minimum absolute atomic E-state index is 0.158. The highest BCUT2D eigenvalue weighted by molar-refractivity contribution is 5.96. The van der Waals surface area contributed by atoms with Crippen LogP contribution in [0.5, 0.6) is 0 Å². The fourth-order valence-corrected chi connectivity index (χ4v) is 2.85. The van der Waals surface area contributed by atoms with Crippen molar-refractivity contribution in [3.8, 4) is 0 Å². The number of hydrogen-bond acceptors (Lipinski definition) is 6. The van der Waals surface area contributed by atoms with E-state index in [1.54, 1.807) is 31.2 Å². The summed E-state index contributed by atoms with van der Waals surface area (Å²) in [5, 5.41) is 11.1. The Balaban J connectivity index is 1.77. The van der Waals surface area contributed by atoms with Crippen molar-refractivity contribution in [1.29, 1.82) is 0 Å². The highest BCUT2D eigenvalue weighted by atomic mass is 16.5. The Hall–Kier alpha value is -3.48. The Kier molecular flexibility index (Phi) is 6.39. The number of H-pyrrole nitrogens is 1. The van der Waals surface area contributed by atoms with Crippen molar-refractivity contribution in [3.63, 3.8) is 0 Å². The number of ether oxygens (including phenoxy) is 1. The quantitative estimate of drug-likeness (QED) is 0.594. The number of anilines is 2. The van der Waals surface area contributed by atoms with Crippen LogP contribution < -0.4 is 10.9 Å². The maximum atomic E-state index is 12.4. The SMILES string of the molecule is CCOC(=O)c1ccccc1Nc1nnc(Cc2ccc(C(C)C)cc2)c(=O)[nH]1. The Bertz CT molecular complexity index is 1040. The molecule has 7 nitrogen and oxygen atoms in total. The number of carbonyl (C=O) groups excluding carboxylic acids is 1. The summed E-state index contributed by atoms with van der Waals surface area (Å²) >= 11 is 0. The molecule has 0 atom stereocenters. The van der Waals surface area contributed by atoms with Crippen LogP contribution >= 0.6 is 0 Å². The molecule has 0 aliphatic rings. The molecule has 7 heteroatoms. The van der Waals surface area contributed by atoms with Crippen LogP contribution in [0.3, 0.4) is 0 Å². The molecule has 0 radical (unpaired) electrons. The van der Waals surface area contributed by atoms with Crippen LogP contribution in [-0.4, -0.2) is 27.8 Å². The largest absolute Gasteiger partial charge is 0.462 e. The Labute approximate surface area is 169 Å². The van der Waals surface area contributed by atoms with Gasteiger partial charge in [0.1, 0.15) is 5.69 Å². The molecule has 0 saturated heterocycles. The fourth-order valence-electron chi connectivity index (χ4n) is 2.85. The lowest BCUT2D eigenvalue weighted by Crippen LogP contribution is -2.19. The first-order chi connectivity index (χ1) is 14.0. The van der Waals surface area contributed by atoms with Gasteiger partial charge in [0.15, 0.2) is 0 Å². The molecular formula is C22H24N4O3. The predicted octanol–water partition coefficient (Wildman–Crippen LogP) is 3.80. The van der Waals surface area contributed by atoms with Crippen LogP contribution in [0.2, 0.25) is 0 Å². The lowest BCUT2D eigenvalue weighted by molar-refractivity contribution is 0.0527. The molecule has 2 aromatic carbocycles. The van der Waals surface area contributed by atoms with E-state index in [0.717, 1.165) is 5.56 Å². The second kappa shape index (κ2) is 9.14. The Morgan fingerprint density at radius 1 is 1.10 bits per heavy atom. The summed E-state index contributed by atoms with van der Waals surface area (Å²) in [6.45, 7) is 6.29. The number of aromatic nitrogens is 3. The maximum absolute atomic E-state index is 12.4. The van der Waals surface area contributed by atoms with Gasteiger partial charge >= 0.3 is 5.97 Å². The van der Waals surface area contributed by atoms with Gasteiger partial charge < -0.3 is 10.1 Å². The molecule has 0 aliphatic carbocycles. The molecule has 2 N–H and O–H groups in total. The van der Waals surface area contributed by atoms with E-state index in [0.29, 0.717) is 29.3 Å². The van der Waals surface area contributed by atoms with Crippen molar-refractivity contribution >= 4 is 17.6 Å². The number of rotatable bonds is 7. The van der Waals surface area contributed by atoms with Crippen molar-refractivity contribution in [1.82, 2.24) is 15.2 Å². The summed E-state index contributed by atoms with van der Waals surface area (Å²) in [4.78, 5) is 27.2. The first-order valence-corrected chi connectivity index (χ1v) is 9.55. The topological polar surface area (TPSA) is 97.0 Å². The van der Waals surface area contributed by atoms with Gasteiger partial charge in [-0.05, 0) is 36.1 Å². The van der Waals surface area contributed by atoms with Gasteiger partial charge in [0, 0.05) is 6.42 Å². The van der Waals surface area contributed by atoms with E-state index in [-0.39, 0.29) is 18.1 Å². The van der Waals surface area contributed by atoms with E-state index in [9.17, 15) is 9.59 Å². The third kappa shape index (κ3) is 5.07. The van der Waals surface area contributed by atoms with Crippen molar-refractivity contribution in [3.05, 3.63) is 81.3 Å². The number of carbonyl (C=O) groups is 1. The molecule has 150 valence electrons. The molecule has 3 rings (SSSR count). The lowest BCUT2D eigenvalue weighted by atomic mass is 10.0. The summed E-state index contributed by atoms with van der Waals surface area (Å²) in [6.07, 6.45) is 0.389. The van der Waals surface area contributed by atoms with Crippen LogP contribution in [0, 0.1) is 0 Å². The minimum Gasteiger partial charge on any atom is -0.462 e. The van der Waals surface area contributed by atoms with Gasteiger partial charge in [-0.1, -0.05) is 50.2 Å².